The van der Waals surface area contributed by atoms with Gasteiger partial charge in [-0.05, 0) is 40.0 Å². The molecule has 1 aromatic carbocycles. The lowest BCUT2D eigenvalue weighted by Crippen LogP contribution is -2.28. The van der Waals surface area contributed by atoms with Crippen LogP contribution >= 0.6 is 27.5 Å². The molecule has 0 saturated carbocycles. The van der Waals surface area contributed by atoms with Crippen LogP contribution in [0.5, 0.6) is 0 Å². The lowest BCUT2D eigenvalue weighted by atomic mass is 10.00. The van der Waals surface area contributed by atoms with Gasteiger partial charge in [0.1, 0.15) is 0 Å². The Morgan fingerprint density at radius 3 is 2.40 bits per heavy atom. The van der Waals surface area contributed by atoms with E-state index in [1.54, 1.807) is 0 Å². The number of nitrogens with two attached hydrogens (primary N) is 1. The van der Waals surface area contributed by atoms with Gasteiger partial charge < -0.3 is 0 Å². The van der Waals surface area contributed by atoms with Crippen molar-refractivity contribution in [2.75, 3.05) is 0 Å². The fraction of sp³-hybridized carbons (Fsp3) is 0.625. The minimum Gasteiger partial charge on any atom is -0.271 e. The zero-order chi connectivity index (χ0) is 14.8. The lowest BCUT2D eigenvalue weighted by Gasteiger charge is -2.17. The Morgan fingerprint density at radius 2 is 1.80 bits per heavy atom. The maximum absolute atomic E-state index is 6.13. The van der Waals surface area contributed by atoms with Crippen molar-refractivity contribution in [3.8, 4) is 0 Å². The van der Waals surface area contributed by atoms with E-state index in [1.807, 2.05) is 12.1 Å². The van der Waals surface area contributed by atoms with E-state index in [1.165, 1.54) is 44.9 Å². The SMILES string of the molecule is CCCCCCCCCC(NN)c1ccc(Br)c(Cl)c1. The molecule has 0 amide bonds. The molecule has 0 bridgehead atoms. The second-order valence-electron chi connectivity index (χ2n) is 5.30. The number of hydrogen-bond donors (Lipinski definition) is 2. The van der Waals surface area contributed by atoms with Crippen molar-refractivity contribution in [3.63, 3.8) is 0 Å². The number of hydrazine groups is 1. The van der Waals surface area contributed by atoms with Gasteiger partial charge in [0.25, 0.3) is 0 Å². The monoisotopic (exact) mass is 360 g/mol. The van der Waals surface area contributed by atoms with Gasteiger partial charge in [0.05, 0.1) is 5.02 Å². The van der Waals surface area contributed by atoms with Gasteiger partial charge >= 0.3 is 0 Å². The largest absolute Gasteiger partial charge is 0.271 e. The van der Waals surface area contributed by atoms with Gasteiger partial charge in [-0.3, -0.25) is 11.3 Å². The molecule has 2 nitrogen and oxygen atoms in total. The summed E-state index contributed by atoms with van der Waals surface area (Å²) in [5, 5.41) is 0.738. The van der Waals surface area contributed by atoms with Crippen LogP contribution in [0.2, 0.25) is 5.02 Å². The minimum absolute atomic E-state index is 0.191. The summed E-state index contributed by atoms with van der Waals surface area (Å²) < 4.78 is 0.926. The van der Waals surface area contributed by atoms with Crippen molar-refractivity contribution in [2.45, 2.75) is 64.3 Å². The topological polar surface area (TPSA) is 38.0 Å². The van der Waals surface area contributed by atoms with Crippen LogP contribution in [-0.2, 0) is 0 Å². The Hall–Kier alpha value is -0.0900. The molecule has 20 heavy (non-hydrogen) atoms. The maximum atomic E-state index is 6.13. The Morgan fingerprint density at radius 1 is 1.15 bits per heavy atom. The maximum Gasteiger partial charge on any atom is 0.0551 e. The van der Waals surface area contributed by atoms with Crippen LogP contribution in [0.15, 0.2) is 22.7 Å². The smallest absolute Gasteiger partial charge is 0.0551 e. The Kier molecular flexibility index (Phi) is 9.53. The molecule has 3 N–H and O–H groups in total. The molecule has 0 aromatic heterocycles. The minimum atomic E-state index is 0.191. The molecular formula is C16H26BrClN2. The number of halogens is 2. The average Bonchev–Trinajstić information content (AvgIpc) is 2.45. The van der Waals surface area contributed by atoms with Gasteiger partial charge in [0, 0.05) is 10.5 Å². The number of nitrogens with one attached hydrogen (secondary N) is 1. The Bertz CT molecular complexity index is 385. The van der Waals surface area contributed by atoms with Gasteiger partial charge in [-0.1, -0.05) is 69.5 Å². The number of benzene rings is 1. The highest BCUT2D eigenvalue weighted by Gasteiger charge is 2.10. The Balaban J connectivity index is 2.30. The first-order valence-electron chi connectivity index (χ1n) is 7.60. The molecule has 1 aromatic rings. The summed E-state index contributed by atoms with van der Waals surface area (Å²) in [4.78, 5) is 0. The summed E-state index contributed by atoms with van der Waals surface area (Å²) in [5.74, 6) is 5.67. The normalized spacial score (nSPS) is 12.6. The molecule has 0 fully saturated rings. The van der Waals surface area contributed by atoms with Crippen molar-refractivity contribution in [1.29, 1.82) is 0 Å². The molecule has 0 aliphatic rings. The van der Waals surface area contributed by atoms with E-state index >= 15 is 0 Å². The third-order valence-electron chi connectivity index (χ3n) is 3.64. The third-order valence-corrected chi connectivity index (χ3v) is 4.88. The fourth-order valence-electron chi connectivity index (χ4n) is 2.38. The van der Waals surface area contributed by atoms with Crippen molar-refractivity contribution >= 4 is 27.5 Å². The number of hydrogen-bond acceptors (Lipinski definition) is 2. The second-order valence-corrected chi connectivity index (χ2v) is 6.56. The molecule has 0 heterocycles. The molecule has 0 saturated heterocycles. The van der Waals surface area contributed by atoms with Gasteiger partial charge in [-0.15, -0.1) is 0 Å². The van der Waals surface area contributed by atoms with Crippen molar-refractivity contribution in [2.24, 2.45) is 5.84 Å². The van der Waals surface area contributed by atoms with Crippen LogP contribution in [0.3, 0.4) is 0 Å². The van der Waals surface area contributed by atoms with Crippen LogP contribution in [0, 0.1) is 0 Å². The standard InChI is InChI=1S/C16H26BrClN2/c1-2-3-4-5-6-7-8-9-16(20-19)13-10-11-14(17)15(18)12-13/h10-12,16,20H,2-9,19H2,1H3. The molecule has 4 heteroatoms. The highest BCUT2D eigenvalue weighted by Crippen LogP contribution is 2.28. The third kappa shape index (κ3) is 6.57. The predicted octanol–water partition coefficient (Wildman–Crippen LogP) is 5.75. The van der Waals surface area contributed by atoms with Gasteiger partial charge in [-0.25, -0.2) is 0 Å². The first-order valence-corrected chi connectivity index (χ1v) is 8.77. The molecule has 0 aliphatic heterocycles. The summed E-state index contributed by atoms with van der Waals surface area (Å²) in [5.41, 5.74) is 4.06. The first-order chi connectivity index (χ1) is 9.69. The fourth-order valence-corrected chi connectivity index (χ4v) is 2.82. The molecule has 0 aliphatic carbocycles. The van der Waals surface area contributed by atoms with Crippen LogP contribution in [-0.4, -0.2) is 0 Å². The van der Waals surface area contributed by atoms with Crippen LogP contribution in [0.4, 0.5) is 0 Å². The molecule has 0 radical (unpaired) electrons. The van der Waals surface area contributed by atoms with E-state index in [0.717, 1.165) is 21.5 Å². The highest BCUT2D eigenvalue weighted by atomic mass is 79.9. The van der Waals surface area contributed by atoms with Crippen molar-refractivity contribution in [3.05, 3.63) is 33.3 Å². The number of rotatable bonds is 10. The van der Waals surface area contributed by atoms with Crippen LogP contribution in [0.1, 0.15) is 69.9 Å². The van der Waals surface area contributed by atoms with E-state index in [-0.39, 0.29) is 6.04 Å². The van der Waals surface area contributed by atoms with Gasteiger partial charge in [-0.2, -0.15) is 0 Å². The van der Waals surface area contributed by atoms with Crippen molar-refractivity contribution < 1.29 is 0 Å². The van der Waals surface area contributed by atoms with Crippen LogP contribution in [0.25, 0.3) is 0 Å². The van der Waals surface area contributed by atoms with Crippen molar-refractivity contribution in [1.82, 2.24) is 5.43 Å². The lowest BCUT2D eigenvalue weighted by molar-refractivity contribution is 0.476. The predicted molar refractivity (Wildman–Crippen MR) is 91.8 cm³/mol. The zero-order valence-electron chi connectivity index (χ0n) is 12.3. The van der Waals surface area contributed by atoms with E-state index < -0.39 is 0 Å². The summed E-state index contributed by atoms with van der Waals surface area (Å²) in [6, 6.07) is 6.22. The molecule has 1 unspecified atom stereocenters. The number of unbranched alkanes of at least 4 members (excludes halogenated alkanes) is 6. The molecule has 1 atom stereocenters. The first kappa shape index (κ1) is 18.0. The summed E-state index contributed by atoms with van der Waals surface area (Å²) in [7, 11) is 0. The van der Waals surface area contributed by atoms with Gasteiger partial charge in [0.2, 0.25) is 0 Å². The van der Waals surface area contributed by atoms with Crippen LogP contribution < -0.4 is 11.3 Å². The Labute approximate surface area is 136 Å². The highest BCUT2D eigenvalue weighted by molar-refractivity contribution is 9.10. The quantitative estimate of drug-likeness (QED) is 0.316. The summed E-state index contributed by atoms with van der Waals surface area (Å²) in [6.07, 6.45) is 10.3. The van der Waals surface area contributed by atoms with Gasteiger partial charge in [0.15, 0.2) is 0 Å². The van der Waals surface area contributed by atoms with E-state index in [2.05, 4.69) is 34.3 Å². The zero-order valence-corrected chi connectivity index (χ0v) is 14.6. The van der Waals surface area contributed by atoms with E-state index in [9.17, 15) is 0 Å². The molecule has 114 valence electrons. The molecule has 0 spiro atoms. The summed E-state index contributed by atoms with van der Waals surface area (Å²) >= 11 is 9.54. The second kappa shape index (κ2) is 10.6. The molecular weight excluding hydrogens is 336 g/mol. The van der Waals surface area contributed by atoms with E-state index in [0.29, 0.717) is 0 Å². The average molecular weight is 362 g/mol. The summed E-state index contributed by atoms with van der Waals surface area (Å²) in [6.45, 7) is 2.25. The molecule has 1 rings (SSSR count). The van der Waals surface area contributed by atoms with E-state index in [4.69, 9.17) is 17.4 Å².